The zero-order chi connectivity index (χ0) is 24.0. The van der Waals surface area contributed by atoms with Crippen LogP contribution in [0.25, 0.3) is 17.4 Å². The van der Waals surface area contributed by atoms with Crippen molar-refractivity contribution in [3.63, 3.8) is 0 Å². The molecule has 0 spiro atoms. The first-order chi connectivity index (χ1) is 15.7. The minimum atomic E-state index is -4.48. The fraction of sp³-hybridized carbons (Fsp3) is 0.167. The van der Waals surface area contributed by atoms with E-state index in [9.17, 15) is 22.8 Å². The highest BCUT2D eigenvalue weighted by Crippen LogP contribution is 2.32. The van der Waals surface area contributed by atoms with Crippen molar-refractivity contribution in [1.82, 2.24) is 10.6 Å². The molecular formula is C24H21F3N2O4. The van der Waals surface area contributed by atoms with Crippen molar-refractivity contribution in [2.75, 3.05) is 13.7 Å². The average molecular weight is 458 g/mol. The third-order valence-electron chi connectivity index (χ3n) is 4.57. The molecule has 0 unspecified atom stereocenters. The predicted octanol–water partition coefficient (Wildman–Crippen LogP) is 4.88. The first-order valence-electron chi connectivity index (χ1n) is 9.94. The van der Waals surface area contributed by atoms with Crippen LogP contribution in [0.15, 0.2) is 70.8 Å². The predicted molar refractivity (Wildman–Crippen MR) is 116 cm³/mol. The number of hydrogen-bond donors (Lipinski definition) is 2. The number of likely N-dealkylation sites (N-methyl/N-ethyl adjacent to an activating group) is 1. The largest absolute Gasteiger partial charge is 0.497 e. The molecule has 0 saturated carbocycles. The number of carbonyl (C=O) groups is 2. The van der Waals surface area contributed by atoms with Crippen LogP contribution in [0.5, 0.6) is 5.75 Å². The Balaban J connectivity index is 1.87. The second-order valence-electron chi connectivity index (χ2n) is 6.88. The van der Waals surface area contributed by atoms with Crippen LogP contribution < -0.4 is 15.4 Å². The monoisotopic (exact) mass is 458 g/mol. The first kappa shape index (κ1) is 23.6. The maximum absolute atomic E-state index is 13.0. The molecule has 2 N–H and O–H groups in total. The van der Waals surface area contributed by atoms with Crippen molar-refractivity contribution in [2.45, 2.75) is 13.1 Å². The summed E-state index contributed by atoms with van der Waals surface area (Å²) in [4.78, 5) is 25.1. The molecule has 9 heteroatoms. The number of rotatable bonds is 7. The normalized spacial score (nSPS) is 11.7. The summed E-state index contributed by atoms with van der Waals surface area (Å²) in [5, 5.41) is 5.14. The van der Waals surface area contributed by atoms with Gasteiger partial charge in [-0.1, -0.05) is 12.1 Å². The van der Waals surface area contributed by atoms with Gasteiger partial charge in [-0.25, -0.2) is 0 Å². The zero-order valence-corrected chi connectivity index (χ0v) is 17.8. The lowest BCUT2D eigenvalue weighted by Crippen LogP contribution is -2.34. The number of alkyl halides is 3. The smallest absolute Gasteiger partial charge is 0.416 e. The van der Waals surface area contributed by atoms with E-state index in [-0.39, 0.29) is 22.8 Å². The highest BCUT2D eigenvalue weighted by atomic mass is 19.4. The van der Waals surface area contributed by atoms with Gasteiger partial charge in [0.15, 0.2) is 0 Å². The van der Waals surface area contributed by atoms with Crippen LogP contribution in [0.2, 0.25) is 0 Å². The molecule has 1 aromatic heterocycles. The van der Waals surface area contributed by atoms with Gasteiger partial charge in [-0.3, -0.25) is 9.59 Å². The van der Waals surface area contributed by atoms with E-state index in [1.165, 1.54) is 37.5 Å². The number of methoxy groups -OCH3 is 1. The highest BCUT2D eigenvalue weighted by Gasteiger charge is 2.30. The number of benzene rings is 2. The molecule has 0 aliphatic rings. The number of amides is 2. The van der Waals surface area contributed by atoms with E-state index in [0.29, 0.717) is 17.9 Å². The van der Waals surface area contributed by atoms with E-state index in [1.807, 2.05) is 0 Å². The number of nitrogens with one attached hydrogen (secondary N) is 2. The molecule has 0 bridgehead atoms. The highest BCUT2D eigenvalue weighted by molar-refractivity contribution is 6.05. The molecule has 0 radical (unpaired) electrons. The lowest BCUT2D eigenvalue weighted by molar-refractivity contribution is -0.137. The van der Waals surface area contributed by atoms with Crippen molar-refractivity contribution in [1.29, 1.82) is 0 Å². The van der Waals surface area contributed by atoms with E-state index >= 15 is 0 Å². The number of halogens is 3. The summed E-state index contributed by atoms with van der Waals surface area (Å²) in [6.45, 7) is 2.04. The van der Waals surface area contributed by atoms with Crippen molar-refractivity contribution >= 4 is 17.9 Å². The Morgan fingerprint density at radius 3 is 2.42 bits per heavy atom. The van der Waals surface area contributed by atoms with Gasteiger partial charge < -0.3 is 19.8 Å². The Morgan fingerprint density at radius 2 is 1.79 bits per heavy atom. The number of carbonyl (C=O) groups excluding carboxylic acids is 2. The van der Waals surface area contributed by atoms with Crippen molar-refractivity contribution in [3.05, 3.63) is 83.2 Å². The van der Waals surface area contributed by atoms with Gasteiger partial charge in [-0.2, -0.15) is 13.2 Å². The van der Waals surface area contributed by atoms with E-state index in [1.54, 1.807) is 31.2 Å². The van der Waals surface area contributed by atoms with Gasteiger partial charge in [0.05, 0.1) is 12.7 Å². The Labute approximate surface area is 188 Å². The SMILES string of the molecule is CCNC(=O)C(=Cc1ccc(-c2cccc(C(F)(F)F)c2)o1)NC(=O)c1ccc(OC)cc1. The molecule has 2 aromatic carbocycles. The minimum absolute atomic E-state index is 0.0809. The molecule has 0 aliphatic carbocycles. The lowest BCUT2D eigenvalue weighted by Gasteiger charge is -2.10. The third-order valence-corrected chi connectivity index (χ3v) is 4.57. The maximum Gasteiger partial charge on any atom is 0.416 e. The molecule has 0 aliphatic heterocycles. The number of ether oxygens (including phenoxy) is 1. The summed E-state index contributed by atoms with van der Waals surface area (Å²) < 4.78 is 49.7. The van der Waals surface area contributed by atoms with Crippen LogP contribution in [0.4, 0.5) is 13.2 Å². The Morgan fingerprint density at radius 1 is 1.06 bits per heavy atom. The van der Waals surface area contributed by atoms with Gasteiger partial charge in [0.25, 0.3) is 11.8 Å². The topological polar surface area (TPSA) is 80.6 Å². The standard InChI is InChI=1S/C24H21F3N2O4/c1-3-28-23(31)20(29-22(30)15-7-9-18(32-2)10-8-15)14-19-11-12-21(33-19)16-5-4-6-17(13-16)24(25,26)27/h4-14H,3H2,1-2H3,(H,28,31)(H,29,30). The fourth-order valence-electron chi connectivity index (χ4n) is 2.93. The van der Waals surface area contributed by atoms with Gasteiger partial charge in [0.2, 0.25) is 0 Å². The fourth-order valence-corrected chi connectivity index (χ4v) is 2.93. The van der Waals surface area contributed by atoms with Crippen molar-refractivity contribution in [3.8, 4) is 17.1 Å². The van der Waals surface area contributed by atoms with E-state index in [0.717, 1.165) is 12.1 Å². The van der Waals surface area contributed by atoms with Crippen LogP contribution in [-0.4, -0.2) is 25.5 Å². The summed E-state index contributed by atoms with van der Waals surface area (Å²) in [5.41, 5.74) is -0.354. The molecule has 3 aromatic rings. The Bertz CT molecular complexity index is 1160. The van der Waals surface area contributed by atoms with Crippen LogP contribution in [0.3, 0.4) is 0 Å². The average Bonchev–Trinajstić information content (AvgIpc) is 3.27. The van der Waals surface area contributed by atoms with Gasteiger partial charge in [-0.15, -0.1) is 0 Å². The summed E-state index contributed by atoms with van der Waals surface area (Å²) in [6, 6.07) is 14.0. The molecule has 0 saturated heterocycles. The van der Waals surface area contributed by atoms with E-state index in [2.05, 4.69) is 10.6 Å². The van der Waals surface area contributed by atoms with Crippen LogP contribution in [0, 0.1) is 0 Å². The molecule has 33 heavy (non-hydrogen) atoms. The zero-order valence-electron chi connectivity index (χ0n) is 17.8. The quantitative estimate of drug-likeness (QED) is 0.495. The molecular weight excluding hydrogens is 437 g/mol. The molecule has 1 heterocycles. The minimum Gasteiger partial charge on any atom is -0.497 e. The Kier molecular flexibility index (Phi) is 7.22. The molecule has 6 nitrogen and oxygen atoms in total. The van der Waals surface area contributed by atoms with Gasteiger partial charge in [0, 0.05) is 23.7 Å². The van der Waals surface area contributed by atoms with Crippen molar-refractivity contribution in [2.24, 2.45) is 0 Å². The van der Waals surface area contributed by atoms with Gasteiger partial charge in [0.1, 0.15) is 23.0 Å². The molecule has 3 rings (SSSR count). The van der Waals surface area contributed by atoms with Gasteiger partial charge >= 0.3 is 6.18 Å². The summed E-state index contributed by atoms with van der Waals surface area (Å²) in [7, 11) is 1.50. The van der Waals surface area contributed by atoms with E-state index in [4.69, 9.17) is 9.15 Å². The molecule has 0 atom stereocenters. The second kappa shape index (κ2) is 10.1. The van der Waals surface area contributed by atoms with Crippen LogP contribution in [0.1, 0.15) is 28.6 Å². The first-order valence-corrected chi connectivity index (χ1v) is 9.94. The van der Waals surface area contributed by atoms with Gasteiger partial charge in [-0.05, 0) is 55.5 Å². The third kappa shape index (κ3) is 6.03. The van der Waals surface area contributed by atoms with Crippen LogP contribution in [-0.2, 0) is 11.0 Å². The van der Waals surface area contributed by atoms with Crippen molar-refractivity contribution < 1.29 is 31.9 Å². The Hall–Kier alpha value is -4.01. The lowest BCUT2D eigenvalue weighted by atomic mass is 10.1. The number of hydrogen-bond acceptors (Lipinski definition) is 4. The summed E-state index contributed by atoms with van der Waals surface area (Å²) >= 11 is 0. The second-order valence-corrected chi connectivity index (χ2v) is 6.88. The number of furan rings is 1. The summed E-state index contributed by atoms with van der Waals surface area (Å²) in [6.07, 6.45) is -3.17. The van der Waals surface area contributed by atoms with Crippen LogP contribution >= 0.6 is 0 Å². The molecule has 2 amide bonds. The van der Waals surface area contributed by atoms with E-state index < -0.39 is 23.6 Å². The summed E-state index contributed by atoms with van der Waals surface area (Å²) in [5.74, 6) is -0.136. The molecule has 0 fully saturated rings. The molecule has 172 valence electrons. The maximum atomic E-state index is 13.0.